The molecular weight excluding hydrogens is 186 g/mol. The Kier molecular flexibility index (Phi) is 7.20. The third-order valence-corrected chi connectivity index (χ3v) is 4.11. The quantitative estimate of drug-likeness (QED) is 0.672. The number of hydrogen-bond donors (Lipinski definition) is 1. The summed E-state index contributed by atoms with van der Waals surface area (Å²) in [7, 11) is 3.85. The molecule has 0 spiro atoms. The minimum absolute atomic E-state index is 0.285. The lowest BCUT2D eigenvalue weighted by Gasteiger charge is -2.43. The fraction of sp³-hybridized carbons (Fsp3) is 1.00. The van der Waals surface area contributed by atoms with E-state index >= 15 is 0 Å². The van der Waals surface area contributed by atoms with Crippen molar-refractivity contribution in [2.24, 2.45) is 17.3 Å². The summed E-state index contributed by atoms with van der Waals surface area (Å²) >= 11 is 0. The molecule has 0 rings (SSSR count). The third kappa shape index (κ3) is 3.46. The maximum absolute atomic E-state index is 5.47. The Morgan fingerprint density at radius 3 is 1.87 bits per heavy atom. The van der Waals surface area contributed by atoms with E-state index in [0.29, 0.717) is 11.8 Å². The SMILES string of the molecule is CCC(C)C(CNC)(COC)C(C)CC. The fourth-order valence-corrected chi connectivity index (χ4v) is 2.58. The van der Waals surface area contributed by atoms with Gasteiger partial charge in [-0.15, -0.1) is 0 Å². The lowest BCUT2D eigenvalue weighted by molar-refractivity contribution is -0.00770. The van der Waals surface area contributed by atoms with Crippen LogP contribution < -0.4 is 5.32 Å². The van der Waals surface area contributed by atoms with E-state index in [4.69, 9.17) is 4.74 Å². The van der Waals surface area contributed by atoms with Crippen molar-refractivity contribution >= 4 is 0 Å². The highest BCUT2D eigenvalue weighted by molar-refractivity contribution is 4.89. The molecule has 2 nitrogen and oxygen atoms in total. The van der Waals surface area contributed by atoms with E-state index in [2.05, 4.69) is 33.0 Å². The van der Waals surface area contributed by atoms with Gasteiger partial charge in [-0.25, -0.2) is 0 Å². The molecule has 0 aliphatic heterocycles. The van der Waals surface area contributed by atoms with Gasteiger partial charge in [-0.2, -0.15) is 0 Å². The molecule has 92 valence electrons. The second-order valence-corrected chi connectivity index (χ2v) is 4.82. The minimum Gasteiger partial charge on any atom is -0.384 e. The largest absolute Gasteiger partial charge is 0.384 e. The first-order chi connectivity index (χ1) is 7.08. The van der Waals surface area contributed by atoms with Gasteiger partial charge in [-0.1, -0.05) is 40.5 Å². The van der Waals surface area contributed by atoms with Crippen LogP contribution in [0.5, 0.6) is 0 Å². The van der Waals surface area contributed by atoms with Crippen LogP contribution in [-0.4, -0.2) is 27.3 Å². The average molecular weight is 215 g/mol. The molecule has 0 aliphatic carbocycles. The van der Waals surface area contributed by atoms with Crippen molar-refractivity contribution < 1.29 is 4.74 Å². The Bertz CT molecular complexity index is 141. The van der Waals surface area contributed by atoms with Gasteiger partial charge in [0.15, 0.2) is 0 Å². The topological polar surface area (TPSA) is 21.3 Å². The molecule has 2 heteroatoms. The van der Waals surface area contributed by atoms with Gasteiger partial charge >= 0.3 is 0 Å². The summed E-state index contributed by atoms with van der Waals surface area (Å²) in [5, 5.41) is 3.34. The molecule has 15 heavy (non-hydrogen) atoms. The third-order valence-electron chi connectivity index (χ3n) is 4.11. The van der Waals surface area contributed by atoms with Crippen molar-refractivity contribution in [2.45, 2.75) is 40.5 Å². The molecule has 0 radical (unpaired) electrons. The lowest BCUT2D eigenvalue weighted by atomic mass is 9.66. The van der Waals surface area contributed by atoms with Gasteiger partial charge in [-0.05, 0) is 18.9 Å². The fourth-order valence-electron chi connectivity index (χ4n) is 2.58. The average Bonchev–Trinajstić information content (AvgIpc) is 2.26. The van der Waals surface area contributed by atoms with Crippen LogP contribution in [-0.2, 0) is 4.74 Å². The van der Waals surface area contributed by atoms with Crippen LogP contribution in [0.1, 0.15) is 40.5 Å². The monoisotopic (exact) mass is 215 g/mol. The van der Waals surface area contributed by atoms with Crippen molar-refractivity contribution in [1.82, 2.24) is 5.32 Å². The second-order valence-electron chi connectivity index (χ2n) is 4.82. The summed E-state index contributed by atoms with van der Waals surface area (Å²) < 4.78 is 5.47. The number of hydrogen-bond acceptors (Lipinski definition) is 2. The molecule has 0 aromatic carbocycles. The van der Waals surface area contributed by atoms with Crippen LogP contribution in [0.4, 0.5) is 0 Å². The highest BCUT2D eigenvalue weighted by Crippen LogP contribution is 2.39. The zero-order valence-electron chi connectivity index (χ0n) is 11.4. The van der Waals surface area contributed by atoms with Crippen LogP contribution in [0.3, 0.4) is 0 Å². The van der Waals surface area contributed by atoms with E-state index in [1.54, 1.807) is 0 Å². The molecule has 1 N–H and O–H groups in total. The number of rotatable bonds is 8. The second kappa shape index (κ2) is 7.24. The Morgan fingerprint density at radius 2 is 1.60 bits per heavy atom. The van der Waals surface area contributed by atoms with Gasteiger partial charge in [-0.3, -0.25) is 0 Å². The van der Waals surface area contributed by atoms with Gasteiger partial charge in [0, 0.05) is 19.1 Å². The molecular formula is C13H29NO. The van der Waals surface area contributed by atoms with E-state index in [1.807, 2.05) is 14.2 Å². The molecule has 0 aromatic rings. The van der Waals surface area contributed by atoms with Gasteiger partial charge in [0.25, 0.3) is 0 Å². The maximum Gasteiger partial charge on any atom is 0.0535 e. The van der Waals surface area contributed by atoms with Crippen LogP contribution in [0.15, 0.2) is 0 Å². The molecule has 0 saturated carbocycles. The van der Waals surface area contributed by atoms with Crippen molar-refractivity contribution in [3.8, 4) is 0 Å². The zero-order chi connectivity index (χ0) is 11.9. The summed E-state index contributed by atoms with van der Waals surface area (Å²) in [5.74, 6) is 1.39. The molecule has 2 unspecified atom stereocenters. The molecule has 0 fully saturated rings. The van der Waals surface area contributed by atoms with Crippen LogP contribution in [0.2, 0.25) is 0 Å². The summed E-state index contributed by atoms with van der Waals surface area (Å²) in [5.41, 5.74) is 0.285. The van der Waals surface area contributed by atoms with Gasteiger partial charge in [0.2, 0.25) is 0 Å². The van der Waals surface area contributed by atoms with E-state index < -0.39 is 0 Å². The molecule has 0 bridgehead atoms. The Balaban J connectivity index is 4.86. The van der Waals surface area contributed by atoms with Gasteiger partial charge < -0.3 is 10.1 Å². The van der Waals surface area contributed by atoms with E-state index in [-0.39, 0.29) is 5.41 Å². The van der Waals surface area contributed by atoms with E-state index in [0.717, 1.165) is 13.2 Å². The first kappa shape index (κ1) is 14.9. The van der Waals surface area contributed by atoms with Crippen LogP contribution >= 0.6 is 0 Å². The normalized spacial score (nSPS) is 19.6. The lowest BCUT2D eigenvalue weighted by Crippen LogP contribution is -2.46. The smallest absolute Gasteiger partial charge is 0.0535 e. The van der Waals surface area contributed by atoms with Crippen molar-refractivity contribution in [3.05, 3.63) is 0 Å². The highest BCUT2D eigenvalue weighted by Gasteiger charge is 2.39. The van der Waals surface area contributed by atoms with Gasteiger partial charge in [0.05, 0.1) is 6.61 Å². The standard InChI is InChI=1S/C13H29NO/c1-7-11(3)13(9-14-5,10-15-6)12(4)8-2/h11-12,14H,7-10H2,1-6H3. The van der Waals surface area contributed by atoms with Crippen molar-refractivity contribution in [3.63, 3.8) is 0 Å². The van der Waals surface area contributed by atoms with Gasteiger partial charge in [0.1, 0.15) is 0 Å². The molecule has 0 aliphatic rings. The summed E-state index contributed by atoms with van der Waals surface area (Å²) in [6, 6.07) is 0. The zero-order valence-corrected chi connectivity index (χ0v) is 11.4. The van der Waals surface area contributed by atoms with Crippen molar-refractivity contribution in [1.29, 1.82) is 0 Å². The minimum atomic E-state index is 0.285. The predicted molar refractivity (Wildman–Crippen MR) is 67.1 cm³/mol. The summed E-state index contributed by atoms with van der Waals surface area (Å²) in [6.45, 7) is 11.1. The van der Waals surface area contributed by atoms with Crippen LogP contribution in [0.25, 0.3) is 0 Å². The molecule has 0 heterocycles. The first-order valence-electron chi connectivity index (χ1n) is 6.22. The Morgan fingerprint density at radius 1 is 1.13 bits per heavy atom. The van der Waals surface area contributed by atoms with E-state index in [9.17, 15) is 0 Å². The predicted octanol–water partition coefficient (Wildman–Crippen LogP) is 2.93. The number of methoxy groups -OCH3 is 1. The maximum atomic E-state index is 5.47. The van der Waals surface area contributed by atoms with Crippen molar-refractivity contribution in [2.75, 3.05) is 27.3 Å². The first-order valence-corrected chi connectivity index (χ1v) is 6.22. The number of ether oxygens (including phenoxy) is 1. The molecule has 2 atom stereocenters. The molecule has 0 saturated heterocycles. The Labute approximate surface area is 95.8 Å². The summed E-state index contributed by atoms with van der Waals surface area (Å²) in [6.07, 6.45) is 2.44. The number of nitrogens with one attached hydrogen (secondary N) is 1. The molecule has 0 aromatic heterocycles. The molecule has 0 amide bonds. The highest BCUT2D eigenvalue weighted by atomic mass is 16.5. The Hall–Kier alpha value is -0.0800. The van der Waals surface area contributed by atoms with Crippen LogP contribution in [0, 0.1) is 17.3 Å². The summed E-state index contributed by atoms with van der Waals surface area (Å²) in [4.78, 5) is 0. The van der Waals surface area contributed by atoms with E-state index in [1.165, 1.54) is 12.8 Å².